The van der Waals surface area contributed by atoms with Crippen LogP contribution in [0, 0.1) is 5.82 Å². The second-order valence-electron chi connectivity index (χ2n) is 3.64. The summed E-state index contributed by atoms with van der Waals surface area (Å²) < 4.78 is 12.8. The maximum atomic E-state index is 12.8. The van der Waals surface area contributed by atoms with Crippen molar-refractivity contribution in [3.05, 3.63) is 29.6 Å². The van der Waals surface area contributed by atoms with E-state index in [-0.39, 0.29) is 17.2 Å². The monoisotopic (exact) mass is 303 g/mol. The molecule has 0 aromatic heterocycles. The third kappa shape index (κ3) is 3.70. The zero-order valence-electron chi connectivity index (χ0n) is 9.62. The van der Waals surface area contributed by atoms with Crippen LogP contribution >= 0.6 is 15.9 Å². The molecule has 0 saturated carbocycles. The Morgan fingerprint density at radius 2 is 2.18 bits per heavy atom. The van der Waals surface area contributed by atoms with Crippen molar-refractivity contribution in [2.45, 2.75) is 13.3 Å². The Hall–Kier alpha value is -1.10. The van der Waals surface area contributed by atoms with Crippen LogP contribution in [0.2, 0.25) is 0 Å². The van der Waals surface area contributed by atoms with Gasteiger partial charge >= 0.3 is 0 Å². The van der Waals surface area contributed by atoms with Gasteiger partial charge in [-0.3, -0.25) is 4.79 Å². The highest BCUT2D eigenvalue weighted by Crippen LogP contribution is 2.20. The molecule has 0 atom stereocenters. The van der Waals surface area contributed by atoms with Crippen LogP contribution in [-0.2, 0) is 0 Å². The number of phenols is 1. The number of aromatic hydroxyl groups is 1. The molecule has 0 aliphatic carbocycles. The largest absolute Gasteiger partial charge is 0.507 e. The molecule has 1 aromatic carbocycles. The number of phenolic OH excluding ortho intramolecular Hbond substituents is 1. The van der Waals surface area contributed by atoms with Crippen molar-refractivity contribution in [3.63, 3.8) is 0 Å². The molecule has 0 radical (unpaired) electrons. The second-order valence-corrected chi connectivity index (χ2v) is 4.44. The first-order valence-electron chi connectivity index (χ1n) is 5.44. The molecule has 1 N–H and O–H groups in total. The molecule has 0 bridgehead atoms. The van der Waals surface area contributed by atoms with Crippen LogP contribution in [0.5, 0.6) is 5.75 Å². The molecule has 0 unspecified atom stereocenters. The average molecular weight is 304 g/mol. The van der Waals surface area contributed by atoms with Crippen LogP contribution in [0.15, 0.2) is 18.2 Å². The Kier molecular flexibility index (Phi) is 5.41. The molecule has 0 aliphatic heterocycles. The molecule has 17 heavy (non-hydrogen) atoms. The van der Waals surface area contributed by atoms with Gasteiger partial charge < -0.3 is 10.0 Å². The molecule has 0 aliphatic rings. The molecule has 0 heterocycles. The van der Waals surface area contributed by atoms with Crippen molar-refractivity contribution in [1.29, 1.82) is 0 Å². The number of hydrogen-bond donors (Lipinski definition) is 1. The van der Waals surface area contributed by atoms with Crippen LogP contribution in [-0.4, -0.2) is 34.3 Å². The number of amides is 1. The highest BCUT2D eigenvalue weighted by atomic mass is 79.9. The van der Waals surface area contributed by atoms with Crippen LogP contribution in [0.4, 0.5) is 4.39 Å². The topological polar surface area (TPSA) is 40.5 Å². The van der Waals surface area contributed by atoms with Gasteiger partial charge in [-0.1, -0.05) is 22.9 Å². The summed E-state index contributed by atoms with van der Waals surface area (Å²) in [5, 5.41) is 10.2. The van der Waals surface area contributed by atoms with Gasteiger partial charge in [-0.25, -0.2) is 4.39 Å². The molecule has 5 heteroatoms. The molecule has 0 spiro atoms. The molecule has 94 valence electrons. The third-order valence-electron chi connectivity index (χ3n) is 2.33. The molecule has 1 aromatic rings. The SMILES string of the molecule is CCCN(CCBr)C(=O)c1ccc(F)cc1O. The van der Waals surface area contributed by atoms with E-state index in [2.05, 4.69) is 15.9 Å². The summed E-state index contributed by atoms with van der Waals surface area (Å²) in [6.07, 6.45) is 0.834. The summed E-state index contributed by atoms with van der Waals surface area (Å²) in [5.41, 5.74) is 0.140. The number of nitrogens with zero attached hydrogens (tertiary/aromatic N) is 1. The first-order chi connectivity index (χ1) is 8.10. The quantitative estimate of drug-likeness (QED) is 0.850. The van der Waals surface area contributed by atoms with E-state index >= 15 is 0 Å². The number of benzene rings is 1. The Morgan fingerprint density at radius 3 is 2.71 bits per heavy atom. The fourth-order valence-corrected chi connectivity index (χ4v) is 1.97. The number of alkyl halides is 1. The Bertz CT molecular complexity index is 392. The second kappa shape index (κ2) is 6.59. The van der Waals surface area contributed by atoms with Crippen molar-refractivity contribution in [2.24, 2.45) is 0 Å². The predicted molar refractivity (Wildman–Crippen MR) is 68.1 cm³/mol. The molecule has 1 amide bonds. The van der Waals surface area contributed by atoms with Gasteiger partial charge in [0.05, 0.1) is 5.56 Å². The molecular formula is C12H15BrFNO2. The highest BCUT2D eigenvalue weighted by molar-refractivity contribution is 9.09. The van der Waals surface area contributed by atoms with E-state index in [1.807, 2.05) is 6.92 Å². The van der Waals surface area contributed by atoms with E-state index in [0.717, 1.165) is 12.5 Å². The fourth-order valence-electron chi connectivity index (χ4n) is 1.54. The Balaban J connectivity index is 2.92. The number of carbonyl (C=O) groups excluding carboxylic acids is 1. The predicted octanol–water partition coefficient (Wildman–Crippen LogP) is 2.78. The molecule has 0 fully saturated rings. The standard InChI is InChI=1S/C12H15BrFNO2/c1-2-6-15(7-5-13)12(17)10-4-3-9(14)8-11(10)16/h3-4,8,16H,2,5-7H2,1H3. The van der Waals surface area contributed by atoms with Gasteiger partial charge in [0.25, 0.3) is 5.91 Å². The average Bonchev–Trinajstić information content (AvgIpc) is 2.28. The molecule has 3 nitrogen and oxygen atoms in total. The van der Waals surface area contributed by atoms with Crippen molar-refractivity contribution in [1.82, 2.24) is 4.90 Å². The maximum Gasteiger partial charge on any atom is 0.257 e. The van der Waals surface area contributed by atoms with Crippen molar-refractivity contribution < 1.29 is 14.3 Å². The lowest BCUT2D eigenvalue weighted by Gasteiger charge is -2.21. The highest BCUT2D eigenvalue weighted by Gasteiger charge is 2.18. The number of halogens is 2. The van der Waals surface area contributed by atoms with Crippen molar-refractivity contribution in [3.8, 4) is 5.75 Å². The zero-order chi connectivity index (χ0) is 12.8. The van der Waals surface area contributed by atoms with Crippen LogP contribution in [0.1, 0.15) is 23.7 Å². The van der Waals surface area contributed by atoms with Gasteiger partial charge in [-0.15, -0.1) is 0 Å². The first kappa shape index (κ1) is 14.0. The van der Waals surface area contributed by atoms with Gasteiger partial charge in [0.1, 0.15) is 11.6 Å². The van der Waals surface area contributed by atoms with E-state index in [4.69, 9.17) is 0 Å². The Labute approximate surface area is 108 Å². The maximum absolute atomic E-state index is 12.8. The van der Waals surface area contributed by atoms with E-state index < -0.39 is 5.82 Å². The third-order valence-corrected chi connectivity index (χ3v) is 2.68. The van der Waals surface area contributed by atoms with Gasteiger partial charge in [0, 0.05) is 24.5 Å². The van der Waals surface area contributed by atoms with Crippen molar-refractivity contribution >= 4 is 21.8 Å². The minimum Gasteiger partial charge on any atom is -0.507 e. The zero-order valence-corrected chi connectivity index (χ0v) is 11.2. The van der Waals surface area contributed by atoms with Crippen LogP contribution in [0.25, 0.3) is 0 Å². The van der Waals surface area contributed by atoms with Gasteiger partial charge in [0.2, 0.25) is 0 Å². The smallest absolute Gasteiger partial charge is 0.257 e. The Morgan fingerprint density at radius 1 is 1.47 bits per heavy atom. The number of carbonyl (C=O) groups is 1. The molecule has 1 rings (SSSR count). The summed E-state index contributed by atoms with van der Waals surface area (Å²) in [7, 11) is 0. The lowest BCUT2D eigenvalue weighted by atomic mass is 10.1. The number of rotatable bonds is 5. The minimum atomic E-state index is -0.554. The normalized spacial score (nSPS) is 10.3. The summed E-state index contributed by atoms with van der Waals surface area (Å²) >= 11 is 3.27. The van der Waals surface area contributed by atoms with Crippen LogP contribution in [0.3, 0.4) is 0 Å². The van der Waals surface area contributed by atoms with Gasteiger partial charge in [0.15, 0.2) is 0 Å². The lowest BCUT2D eigenvalue weighted by molar-refractivity contribution is 0.0763. The van der Waals surface area contributed by atoms with Gasteiger partial charge in [-0.2, -0.15) is 0 Å². The minimum absolute atomic E-state index is 0.140. The first-order valence-corrected chi connectivity index (χ1v) is 6.56. The summed E-state index contributed by atoms with van der Waals surface area (Å²) in [6, 6.07) is 3.43. The fraction of sp³-hybridized carbons (Fsp3) is 0.417. The molecular weight excluding hydrogens is 289 g/mol. The van der Waals surface area contributed by atoms with Crippen LogP contribution < -0.4 is 0 Å². The van der Waals surface area contributed by atoms with E-state index in [0.29, 0.717) is 18.4 Å². The van der Waals surface area contributed by atoms with E-state index in [1.54, 1.807) is 4.90 Å². The summed E-state index contributed by atoms with van der Waals surface area (Å²) in [5.74, 6) is -1.14. The van der Waals surface area contributed by atoms with Crippen molar-refractivity contribution in [2.75, 3.05) is 18.4 Å². The van der Waals surface area contributed by atoms with E-state index in [9.17, 15) is 14.3 Å². The van der Waals surface area contributed by atoms with E-state index in [1.165, 1.54) is 12.1 Å². The molecule has 0 saturated heterocycles. The number of hydrogen-bond acceptors (Lipinski definition) is 2. The summed E-state index contributed by atoms with van der Waals surface area (Å²) in [6.45, 7) is 3.14. The summed E-state index contributed by atoms with van der Waals surface area (Å²) in [4.78, 5) is 13.7. The lowest BCUT2D eigenvalue weighted by Crippen LogP contribution is -2.33. The van der Waals surface area contributed by atoms with Gasteiger partial charge in [-0.05, 0) is 18.6 Å².